The Hall–Kier alpha value is -0.680. The van der Waals surface area contributed by atoms with Crippen molar-refractivity contribution in [1.29, 1.82) is 0 Å². The molecule has 2 atom stereocenters. The number of amides is 1. The molecular formula is C5H8N2O2S. The average molecular weight is 160 g/mol. The number of carbonyl (C=O) groups excluding carboxylic acids is 1. The van der Waals surface area contributed by atoms with E-state index in [1.165, 1.54) is 6.92 Å². The van der Waals surface area contributed by atoms with E-state index in [-0.39, 0.29) is 11.0 Å². The molecular weight excluding hydrogens is 152 g/mol. The summed E-state index contributed by atoms with van der Waals surface area (Å²) in [5.41, 5.74) is 0. The molecule has 0 aromatic rings. The second-order valence-corrected chi connectivity index (χ2v) is 2.59. The highest BCUT2D eigenvalue weighted by molar-refractivity contribution is 7.80. The molecule has 0 aromatic heterocycles. The number of hydrogen-bond donors (Lipinski definition) is 3. The molecule has 1 aliphatic rings. The minimum absolute atomic E-state index is 0.264. The molecule has 0 bridgehead atoms. The molecule has 2 unspecified atom stereocenters. The number of thiocarbonyl (C=S) groups is 1. The predicted molar refractivity (Wildman–Crippen MR) is 39.3 cm³/mol. The van der Waals surface area contributed by atoms with Crippen molar-refractivity contribution in [3.05, 3.63) is 0 Å². The Morgan fingerprint density at radius 1 is 1.80 bits per heavy atom. The SMILES string of the molecule is CC(O)C1NC(=S)NC1=O. The maximum atomic E-state index is 10.8. The van der Waals surface area contributed by atoms with Crippen LogP contribution in [0.25, 0.3) is 0 Å². The first-order chi connectivity index (χ1) is 4.61. The van der Waals surface area contributed by atoms with E-state index >= 15 is 0 Å². The van der Waals surface area contributed by atoms with Crippen LogP contribution in [-0.4, -0.2) is 28.3 Å². The zero-order valence-corrected chi connectivity index (χ0v) is 6.23. The molecule has 1 heterocycles. The van der Waals surface area contributed by atoms with Crippen molar-refractivity contribution >= 4 is 23.2 Å². The lowest BCUT2D eigenvalue weighted by atomic mass is 10.2. The van der Waals surface area contributed by atoms with Gasteiger partial charge in [0.05, 0.1) is 6.10 Å². The van der Waals surface area contributed by atoms with Crippen molar-refractivity contribution in [3.63, 3.8) is 0 Å². The first-order valence-electron chi connectivity index (χ1n) is 2.90. The van der Waals surface area contributed by atoms with Crippen LogP contribution in [0.2, 0.25) is 0 Å². The summed E-state index contributed by atoms with van der Waals surface area (Å²) in [5.74, 6) is -0.264. The Kier molecular flexibility index (Phi) is 1.87. The smallest absolute Gasteiger partial charge is 0.251 e. The number of aliphatic hydroxyl groups excluding tert-OH is 1. The molecule has 1 rings (SSSR count). The lowest BCUT2D eigenvalue weighted by molar-refractivity contribution is -0.122. The van der Waals surface area contributed by atoms with Crippen LogP contribution in [0.5, 0.6) is 0 Å². The van der Waals surface area contributed by atoms with E-state index in [9.17, 15) is 4.79 Å². The molecule has 0 aromatic carbocycles. The van der Waals surface area contributed by atoms with Gasteiger partial charge in [0.25, 0.3) is 5.91 Å². The van der Waals surface area contributed by atoms with Crippen LogP contribution >= 0.6 is 12.2 Å². The first kappa shape index (κ1) is 7.43. The quantitative estimate of drug-likeness (QED) is 0.419. The summed E-state index contributed by atoms with van der Waals surface area (Å²) in [6.45, 7) is 1.53. The molecule has 1 aliphatic heterocycles. The second-order valence-electron chi connectivity index (χ2n) is 2.18. The Morgan fingerprint density at radius 3 is 2.60 bits per heavy atom. The Morgan fingerprint density at radius 2 is 2.40 bits per heavy atom. The Labute approximate surface area is 63.6 Å². The summed E-state index contributed by atoms with van der Waals surface area (Å²) < 4.78 is 0. The molecule has 0 spiro atoms. The lowest BCUT2D eigenvalue weighted by Crippen LogP contribution is -2.38. The summed E-state index contributed by atoms with van der Waals surface area (Å²) in [5, 5.41) is 14.2. The Bertz CT molecular complexity index is 180. The van der Waals surface area contributed by atoms with Gasteiger partial charge < -0.3 is 15.7 Å². The second kappa shape index (κ2) is 2.51. The van der Waals surface area contributed by atoms with E-state index in [0.29, 0.717) is 0 Å². The average Bonchev–Trinajstić information content (AvgIpc) is 2.10. The van der Waals surface area contributed by atoms with Crippen molar-refractivity contribution in [2.24, 2.45) is 0 Å². The third-order valence-electron chi connectivity index (χ3n) is 1.29. The fourth-order valence-electron chi connectivity index (χ4n) is 0.772. The highest BCUT2D eigenvalue weighted by atomic mass is 32.1. The van der Waals surface area contributed by atoms with Gasteiger partial charge in [-0.25, -0.2) is 0 Å². The molecule has 3 N–H and O–H groups in total. The van der Waals surface area contributed by atoms with Gasteiger partial charge in [0.1, 0.15) is 6.04 Å². The maximum Gasteiger partial charge on any atom is 0.251 e. The lowest BCUT2D eigenvalue weighted by Gasteiger charge is -2.09. The molecule has 1 amide bonds. The third-order valence-corrected chi connectivity index (χ3v) is 1.51. The highest BCUT2D eigenvalue weighted by Gasteiger charge is 2.30. The van der Waals surface area contributed by atoms with Gasteiger partial charge in [0.15, 0.2) is 5.11 Å². The van der Waals surface area contributed by atoms with Gasteiger partial charge in [-0.3, -0.25) is 4.79 Å². The maximum absolute atomic E-state index is 10.8. The van der Waals surface area contributed by atoms with E-state index in [4.69, 9.17) is 5.11 Å². The van der Waals surface area contributed by atoms with Crippen LogP contribution in [-0.2, 0) is 4.79 Å². The topological polar surface area (TPSA) is 61.4 Å². The van der Waals surface area contributed by atoms with Crippen LogP contribution in [0.4, 0.5) is 0 Å². The van der Waals surface area contributed by atoms with Gasteiger partial charge in [0, 0.05) is 0 Å². The molecule has 1 fully saturated rings. The molecule has 1 saturated heterocycles. The van der Waals surface area contributed by atoms with Crippen LogP contribution in [0.1, 0.15) is 6.92 Å². The largest absolute Gasteiger partial charge is 0.391 e. The normalized spacial score (nSPS) is 27.6. The third kappa shape index (κ3) is 1.25. The molecule has 56 valence electrons. The molecule has 0 aliphatic carbocycles. The van der Waals surface area contributed by atoms with Gasteiger partial charge in [0.2, 0.25) is 0 Å². The molecule has 0 saturated carbocycles. The number of nitrogens with one attached hydrogen (secondary N) is 2. The van der Waals surface area contributed by atoms with E-state index in [2.05, 4.69) is 22.9 Å². The fourth-order valence-corrected chi connectivity index (χ4v) is 1.000. The van der Waals surface area contributed by atoms with Crippen molar-refractivity contribution in [1.82, 2.24) is 10.6 Å². The zero-order chi connectivity index (χ0) is 7.72. The van der Waals surface area contributed by atoms with Crippen LogP contribution in [0, 0.1) is 0 Å². The van der Waals surface area contributed by atoms with Gasteiger partial charge in [-0.2, -0.15) is 0 Å². The van der Waals surface area contributed by atoms with Gasteiger partial charge in [-0.15, -0.1) is 0 Å². The fraction of sp³-hybridized carbons (Fsp3) is 0.600. The van der Waals surface area contributed by atoms with E-state index in [1.807, 2.05) is 0 Å². The number of hydrogen-bond acceptors (Lipinski definition) is 3. The van der Waals surface area contributed by atoms with Crippen molar-refractivity contribution < 1.29 is 9.90 Å². The number of rotatable bonds is 1. The van der Waals surface area contributed by atoms with Gasteiger partial charge in [-0.1, -0.05) is 0 Å². The van der Waals surface area contributed by atoms with Crippen LogP contribution < -0.4 is 10.6 Å². The van der Waals surface area contributed by atoms with Crippen LogP contribution in [0.15, 0.2) is 0 Å². The van der Waals surface area contributed by atoms with Crippen molar-refractivity contribution in [2.45, 2.75) is 19.1 Å². The standard InChI is InChI=1S/C5H8N2O2S/c1-2(8)3-4(9)7-5(10)6-3/h2-3,8H,1H3,(H2,6,7,9,10). The molecule has 0 radical (unpaired) electrons. The molecule has 4 nitrogen and oxygen atoms in total. The van der Waals surface area contributed by atoms with Gasteiger partial charge in [-0.05, 0) is 19.1 Å². The minimum Gasteiger partial charge on any atom is -0.391 e. The summed E-state index contributed by atoms with van der Waals surface area (Å²) in [6, 6.07) is -0.576. The van der Waals surface area contributed by atoms with Gasteiger partial charge >= 0.3 is 0 Å². The summed E-state index contributed by atoms with van der Waals surface area (Å²) >= 11 is 4.64. The number of carbonyl (C=O) groups is 1. The minimum atomic E-state index is -0.708. The molecule has 10 heavy (non-hydrogen) atoms. The first-order valence-corrected chi connectivity index (χ1v) is 3.31. The summed E-state index contributed by atoms with van der Waals surface area (Å²) in [6.07, 6.45) is -0.708. The van der Waals surface area contributed by atoms with E-state index in [1.54, 1.807) is 0 Å². The predicted octanol–water partition coefficient (Wildman–Crippen LogP) is -1.26. The Balaban J connectivity index is 2.63. The van der Waals surface area contributed by atoms with Crippen molar-refractivity contribution in [3.8, 4) is 0 Å². The summed E-state index contributed by atoms with van der Waals surface area (Å²) in [7, 11) is 0. The summed E-state index contributed by atoms with van der Waals surface area (Å²) in [4.78, 5) is 10.8. The molecule has 5 heteroatoms. The zero-order valence-electron chi connectivity index (χ0n) is 5.42. The van der Waals surface area contributed by atoms with E-state index in [0.717, 1.165) is 0 Å². The van der Waals surface area contributed by atoms with Crippen molar-refractivity contribution in [2.75, 3.05) is 0 Å². The number of aliphatic hydroxyl groups is 1. The van der Waals surface area contributed by atoms with E-state index < -0.39 is 12.1 Å². The highest BCUT2D eigenvalue weighted by Crippen LogP contribution is 1.98. The van der Waals surface area contributed by atoms with Crippen LogP contribution in [0.3, 0.4) is 0 Å². The monoisotopic (exact) mass is 160 g/mol.